The van der Waals surface area contributed by atoms with Gasteiger partial charge in [-0.2, -0.15) is 0 Å². The Bertz CT molecular complexity index is 1280. The molecule has 1 fully saturated rings. The van der Waals surface area contributed by atoms with E-state index in [-0.39, 0.29) is 30.3 Å². The lowest BCUT2D eigenvalue weighted by atomic mass is 9.88. The van der Waals surface area contributed by atoms with Crippen LogP contribution in [0, 0.1) is 5.92 Å². The van der Waals surface area contributed by atoms with Gasteiger partial charge in [0.2, 0.25) is 0 Å². The van der Waals surface area contributed by atoms with Crippen LogP contribution < -0.4 is 0 Å². The number of hydrogen-bond acceptors (Lipinski definition) is 5. The molecule has 42 heavy (non-hydrogen) atoms. The quantitative estimate of drug-likeness (QED) is 0.159. The van der Waals surface area contributed by atoms with Crippen molar-refractivity contribution in [1.29, 1.82) is 0 Å². The summed E-state index contributed by atoms with van der Waals surface area (Å²) in [5.41, 5.74) is 4.43. The molecule has 4 aromatic carbocycles. The summed E-state index contributed by atoms with van der Waals surface area (Å²) in [4.78, 5) is 0. The lowest BCUT2D eigenvalue weighted by Crippen LogP contribution is -2.62. The average molecular weight is 567 g/mol. The Hall–Kier alpha value is -3.32. The Balaban J connectivity index is 1.41. The predicted octanol–water partition coefficient (Wildman–Crippen LogP) is 7.38. The number of rotatable bonds is 14. The molecule has 1 heterocycles. The van der Waals surface area contributed by atoms with Crippen LogP contribution in [0.4, 0.5) is 0 Å². The Labute approximate surface area is 250 Å². The minimum absolute atomic E-state index is 0.195. The SMILES string of the molecule is CC(C)C1O[C@H](COCc2ccccc2)[C@@H](OCc2ccccc2)[C@H](OCc2ccccc2)[C@H]1OCc1ccccc1. The molecule has 0 aromatic heterocycles. The van der Waals surface area contributed by atoms with Gasteiger partial charge in [0.05, 0.1) is 39.1 Å². The van der Waals surface area contributed by atoms with Gasteiger partial charge in [0.25, 0.3) is 0 Å². The van der Waals surface area contributed by atoms with Crippen molar-refractivity contribution < 1.29 is 23.7 Å². The van der Waals surface area contributed by atoms with Gasteiger partial charge in [-0.15, -0.1) is 0 Å². The van der Waals surface area contributed by atoms with Gasteiger partial charge in [0.1, 0.15) is 24.4 Å². The van der Waals surface area contributed by atoms with Gasteiger partial charge < -0.3 is 23.7 Å². The molecule has 5 heteroatoms. The second kappa shape index (κ2) is 15.8. The normalized spacial score (nSPS) is 22.3. The molecule has 5 atom stereocenters. The van der Waals surface area contributed by atoms with Crippen LogP contribution in [0.15, 0.2) is 121 Å². The first-order valence-corrected chi connectivity index (χ1v) is 14.9. The van der Waals surface area contributed by atoms with Crippen molar-refractivity contribution in [3.8, 4) is 0 Å². The molecule has 0 aliphatic carbocycles. The zero-order valence-corrected chi connectivity index (χ0v) is 24.6. The van der Waals surface area contributed by atoms with E-state index in [9.17, 15) is 0 Å². The summed E-state index contributed by atoms with van der Waals surface area (Å²) in [5.74, 6) is 0.195. The van der Waals surface area contributed by atoms with Crippen molar-refractivity contribution in [3.05, 3.63) is 144 Å². The molecular weight excluding hydrogens is 524 g/mol. The highest BCUT2D eigenvalue weighted by molar-refractivity contribution is 5.16. The van der Waals surface area contributed by atoms with Crippen LogP contribution in [-0.4, -0.2) is 37.1 Å². The highest BCUT2D eigenvalue weighted by Gasteiger charge is 2.49. The minimum atomic E-state index is -0.402. The molecule has 220 valence electrons. The van der Waals surface area contributed by atoms with Gasteiger partial charge in [-0.25, -0.2) is 0 Å². The number of ether oxygens (including phenoxy) is 5. The van der Waals surface area contributed by atoms with E-state index in [1.807, 2.05) is 72.8 Å². The lowest BCUT2D eigenvalue weighted by molar-refractivity contribution is -0.279. The maximum absolute atomic E-state index is 6.82. The van der Waals surface area contributed by atoms with Crippen LogP contribution in [0.5, 0.6) is 0 Å². The van der Waals surface area contributed by atoms with E-state index in [1.165, 1.54) is 0 Å². The summed E-state index contributed by atoms with van der Waals surface area (Å²) in [6, 6.07) is 40.9. The van der Waals surface area contributed by atoms with Gasteiger partial charge in [0, 0.05) is 0 Å². The van der Waals surface area contributed by atoms with E-state index in [2.05, 4.69) is 62.4 Å². The smallest absolute Gasteiger partial charge is 0.115 e. The third-order valence-corrected chi connectivity index (χ3v) is 7.58. The Morgan fingerprint density at radius 3 is 1.31 bits per heavy atom. The summed E-state index contributed by atoms with van der Waals surface area (Å²) >= 11 is 0. The number of benzene rings is 4. The first-order valence-electron chi connectivity index (χ1n) is 14.9. The molecule has 0 saturated carbocycles. The molecule has 0 amide bonds. The summed E-state index contributed by atoms with van der Waals surface area (Å²) in [6.07, 6.45) is -1.64. The van der Waals surface area contributed by atoms with Crippen molar-refractivity contribution in [2.24, 2.45) is 5.92 Å². The summed E-state index contributed by atoms with van der Waals surface area (Å²) < 4.78 is 33.2. The van der Waals surface area contributed by atoms with E-state index in [0.717, 1.165) is 22.3 Å². The second-order valence-electron chi connectivity index (χ2n) is 11.2. The largest absolute Gasteiger partial charge is 0.374 e. The number of hydrogen-bond donors (Lipinski definition) is 0. The zero-order valence-electron chi connectivity index (χ0n) is 24.6. The summed E-state index contributed by atoms with van der Waals surface area (Å²) in [6.45, 7) is 6.58. The van der Waals surface area contributed by atoms with Crippen molar-refractivity contribution in [3.63, 3.8) is 0 Å². The van der Waals surface area contributed by atoms with Gasteiger partial charge in [-0.1, -0.05) is 135 Å². The molecule has 4 aromatic rings. The topological polar surface area (TPSA) is 46.2 Å². The van der Waals surface area contributed by atoms with Crippen molar-refractivity contribution in [2.75, 3.05) is 6.61 Å². The van der Waals surface area contributed by atoms with Crippen LogP contribution in [-0.2, 0) is 50.1 Å². The van der Waals surface area contributed by atoms with Crippen LogP contribution in [0.3, 0.4) is 0 Å². The molecule has 5 rings (SSSR count). The molecule has 0 radical (unpaired) electrons. The minimum Gasteiger partial charge on any atom is -0.374 e. The summed E-state index contributed by atoms with van der Waals surface area (Å²) in [7, 11) is 0. The third kappa shape index (κ3) is 8.60. The highest BCUT2D eigenvalue weighted by Crippen LogP contribution is 2.33. The Kier molecular flexibility index (Phi) is 11.3. The second-order valence-corrected chi connectivity index (χ2v) is 11.2. The monoisotopic (exact) mass is 566 g/mol. The molecule has 1 aliphatic heterocycles. The van der Waals surface area contributed by atoms with Gasteiger partial charge in [0.15, 0.2) is 0 Å². The van der Waals surface area contributed by atoms with Gasteiger partial charge in [-0.3, -0.25) is 0 Å². The fourth-order valence-electron chi connectivity index (χ4n) is 5.36. The van der Waals surface area contributed by atoms with E-state index in [1.54, 1.807) is 0 Å². The van der Waals surface area contributed by atoms with Crippen LogP contribution in [0.2, 0.25) is 0 Å². The van der Waals surface area contributed by atoms with Crippen molar-refractivity contribution in [2.45, 2.75) is 70.8 Å². The standard InChI is InChI=1S/C37H42O5/c1-28(2)34-36(40-25-31-19-11-5-12-20-31)37(41-26-32-21-13-6-14-22-32)35(39-24-30-17-9-4-10-18-30)33(42-34)27-38-23-29-15-7-3-8-16-29/h3-22,28,33-37H,23-27H2,1-2H3/t33-,34?,35-,36+,37+/m1/s1. The zero-order chi connectivity index (χ0) is 29.0. The van der Waals surface area contributed by atoms with Gasteiger partial charge in [-0.05, 0) is 28.2 Å². The van der Waals surface area contributed by atoms with Crippen LogP contribution in [0.1, 0.15) is 36.1 Å². The average Bonchev–Trinajstić information content (AvgIpc) is 3.04. The highest BCUT2D eigenvalue weighted by atomic mass is 16.6. The maximum atomic E-state index is 6.82. The molecule has 0 bridgehead atoms. The fraction of sp³-hybridized carbons (Fsp3) is 0.351. The van der Waals surface area contributed by atoms with E-state index in [4.69, 9.17) is 23.7 Å². The van der Waals surface area contributed by atoms with Crippen molar-refractivity contribution in [1.82, 2.24) is 0 Å². The fourth-order valence-corrected chi connectivity index (χ4v) is 5.36. The van der Waals surface area contributed by atoms with Crippen molar-refractivity contribution >= 4 is 0 Å². The lowest BCUT2D eigenvalue weighted by Gasteiger charge is -2.47. The van der Waals surface area contributed by atoms with Crippen LogP contribution in [0.25, 0.3) is 0 Å². The molecule has 5 nitrogen and oxygen atoms in total. The first kappa shape index (κ1) is 30.1. The third-order valence-electron chi connectivity index (χ3n) is 7.58. The van der Waals surface area contributed by atoms with E-state index < -0.39 is 6.10 Å². The predicted molar refractivity (Wildman–Crippen MR) is 165 cm³/mol. The molecule has 1 aliphatic rings. The molecule has 1 unspecified atom stereocenters. The summed E-state index contributed by atoms with van der Waals surface area (Å²) in [5, 5.41) is 0. The molecule has 0 N–H and O–H groups in total. The Morgan fingerprint density at radius 1 is 0.500 bits per heavy atom. The van der Waals surface area contributed by atoms with Crippen LogP contribution >= 0.6 is 0 Å². The first-order chi connectivity index (χ1) is 20.7. The van der Waals surface area contributed by atoms with Gasteiger partial charge >= 0.3 is 0 Å². The van der Waals surface area contributed by atoms with E-state index >= 15 is 0 Å². The molecule has 0 spiro atoms. The van der Waals surface area contributed by atoms with E-state index in [0.29, 0.717) is 33.0 Å². The molecule has 1 saturated heterocycles. The maximum Gasteiger partial charge on any atom is 0.115 e. The Morgan fingerprint density at radius 2 is 0.881 bits per heavy atom. The molecular formula is C37H42O5.